The Morgan fingerprint density at radius 1 is 0.964 bits per heavy atom. The molecule has 28 heavy (non-hydrogen) atoms. The summed E-state index contributed by atoms with van der Waals surface area (Å²) in [6, 6.07) is 9.28. The van der Waals surface area contributed by atoms with Crippen LogP contribution in [0, 0.1) is 0 Å². The van der Waals surface area contributed by atoms with Gasteiger partial charge in [0.2, 0.25) is 0 Å². The lowest BCUT2D eigenvalue weighted by atomic mass is 10.1. The summed E-state index contributed by atoms with van der Waals surface area (Å²) in [5.41, 5.74) is 0.682. The number of carbonyl (C=O) groups excluding carboxylic acids is 4. The summed E-state index contributed by atoms with van der Waals surface area (Å²) >= 11 is 15.0. The number of ketones is 1. The zero-order valence-electron chi connectivity index (χ0n) is 14.2. The third-order valence-electron chi connectivity index (χ3n) is 4.08. The predicted octanol–water partition coefficient (Wildman–Crippen LogP) is 4.17. The van der Waals surface area contributed by atoms with E-state index in [2.05, 4.69) is 15.9 Å². The lowest BCUT2D eigenvalue weighted by Gasteiger charge is -2.13. The molecule has 0 atom stereocenters. The second-order valence-electron chi connectivity index (χ2n) is 5.91. The fourth-order valence-electron chi connectivity index (χ4n) is 2.63. The van der Waals surface area contributed by atoms with Gasteiger partial charge in [-0.1, -0.05) is 51.3 Å². The molecule has 0 fully saturated rings. The Bertz CT molecular complexity index is 950. The number of esters is 1. The van der Waals surface area contributed by atoms with E-state index in [9.17, 15) is 19.2 Å². The number of amides is 2. The van der Waals surface area contributed by atoms with Gasteiger partial charge < -0.3 is 4.74 Å². The van der Waals surface area contributed by atoms with Gasteiger partial charge in [-0.25, -0.2) is 0 Å². The third-order valence-corrected chi connectivity index (χ3v) is 5.33. The van der Waals surface area contributed by atoms with Crippen molar-refractivity contribution in [2.75, 3.05) is 13.2 Å². The monoisotopic (exact) mass is 483 g/mol. The quantitative estimate of drug-likeness (QED) is 0.349. The lowest BCUT2D eigenvalue weighted by molar-refractivity contribution is -0.142. The van der Waals surface area contributed by atoms with E-state index in [1.54, 1.807) is 24.3 Å². The highest BCUT2D eigenvalue weighted by atomic mass is 79.9. The number of ether oxygens (including phenoxy) is 1. The van der Waals surface area contributed by atoms with Gasteiger partial charge in [-0.05, 0) is 24.3 Å². The van der Waals surface area contributed by atoms with Gasteiger partial charge in [0, 0.05) is 16.6 Å². The van der Waals surface area contributed by atoms with Crippen LogP contribution in [-0.2, 0) is 9.53 Å². The summed E-state index contributed by atoms with van der Waals surface area (Å²) in [5, 5.41) is 0.323. The molecule has 9 heteroatoms. The molecule has 1 heterocycles. The van der Waals surface area contributed by atoms with E-state index >= 15 is 0 Å². The number of nitrogens with zero attached hydrogens (tertiary/aromatic N) is 1. The molecular weight excluding hydrogens is 473 g/mol. The molecule has 6 nitrogen and oxygen atoms in total. The van der Waals surface area contributed by atoms with E-state index < -0.39 is 24.4 Å². The van der Waals surface area contributed by atoms with Crippen molar-refractivity contribution in [3.8, 4) is 0 Å². The molecule has 1 aliphatic rings. The third kappa shape index (κ3) is 4.27. The summed E-state index contributed by atoms with van der Waals surface area (Å²) in [5.74, 6) is -2.17. The number of hydrogen-bond acceptors (Lipinski definition) is 5. The van der Waals surface area contributed by atoms with E-state index in [0.29, 0.717) is 5.56 Å². The Morgan fingerprint density at radius 3 is 2.04 bits per heavy atom. The Kier molecular flexibility index (Phi) is 6.17. The van der Waals surface area contributed by atoms with Gasteiger partial charge in [0.25, 0.3) is 11.8 Å². The SMILES string of the molecule is O=C(CCN1C(=O)c2cc(Cl)c(Cl)cc2C1=O)OCC(=O)c1ccc(Br)cc1. The van der Waals surface area contributed by atoms with Gasteiger partial charge >= 0.3 is 5.97 Å². The van der Waals surface area contributed by atoms with E-state index in [1.807, 2.05) is 0 Å². The van der Waals surface area contributed by atoms with Crippen molar-refractivity contribution in [3.63, 3.8) is 0 Å². The molecule has 0 aliphatic carbocycles. The van der Waals surface area contributed by atoms with E-state index in [4.69, 9.17) is 27.9 Å². The topological polar surface area (TPSA) is 80.8 Å². The Labute approximate surface area is 178 Å². The normalized spacial score (nSPS) is 12.9. The van der Waals surface area contributed by atoms with E-state index in [1.165, 1.54) is 12.1 Å². The molecule has 0 saturated carbocycles. The number of Topliss-reactive ketones (excluding diaryl/α,β-unsaturated/α-hetero) is 1. The maximum atomic E-state index is 12.4. The molecule has 2 aromatic rings. The van der Waals surface area contributed by atoms with Crippen LogP contribution in [-0.4, -0.2) is 41.6 Å². The minimum Gasteiger partial charge on any atom is -0.457 e. The van der Waals surface area contributed by atoms with Crippen LogP contribution in [0.15, 0.2) is 40.9 Å². The van der Waals surface area contributed by atoms with Crippen molar-refractivity contribution in [3.05, 3.63) is 67.6 Å². The fraction of sp³-hybridized carbons (Fsp3) is 0.158. The molecule has 2 amide bonds. The highest BCUT2D eigenvalue weighted by Gasteiger charge is 2.36. The van der Waals surface area contributed by atoms with Gasteiger partial charge in [-0.3, -0.25) is 24.1 Å². The zero-order valence-corrected chi connectivity index (χ0v) is 17.3. The van der Waals surface area contributed by atoms with Gasteiger partial charge in [0.05, 0.1) is 27.6 Å². The summed E-state index contributed by atoms with van der Waals surface area (Å²) in [7, 11) is 0. The van der Waals surface area contributed by atoms with Gasteiger partial charge in [-0.15, -0.1) is 0 Å². The maximum Gasteiger partial charge on any atom is 0.308 e. The lowest BCUT2D eigenvalue weighted by Crippen LogP contribution is -2.32. The first-order valence-electron chi connectivity index (χ1n) is 8.07. The highest BCUT2D eigenvalue weighted by Crippen LogP contribution is 2.31. The fourth-order valence-corrected chi connectivity index (χ4v) is 3.22. The molecule has 144 valence electrons. The van der Waals surface area contributed by atoms with Gasteiger partial charge in [0.1, 0.15) is 0 Å². The molecule has 0 radical (unpaired) electrons. The Hall–Kier alpha value is -2.22. The second kappa shape index (κ2) is 8.43. The molecule has 0 bridgehead atoms. The van der Waals surface area contributed by atoms with Crippen LogP contribution in [0.5, 0.6) is 0 Å². The second-order valence-corrected chi connectivity index (χ2v) is 7.64. The van der Waals surface area contributed by atoms with Crippen molar-refractivity contribution in [2.24, 2.45) is 0 Å². The first kappa shape index (κ1) is 20.5. The smallest absolute Gasteiger partial charge is 0.308 e. The van der Waals surface area contributed by atoms with Crippen LogP contribution in [0.3, 0.4) is 0 Å². The van der Waals surface area contributed by atoms with Crippen LogP contribution in [0.4, 0.5) is 0 Å². The summed E-state index contributed by atoms with van der Waals surface area (Å²) < 4.78 is 5.77. The minimum absolute atomic E-state index is 0.137. The Balaban J connectivity index is 1.55. The average molecular weight is 485 g/mol. The van der Waals surface area contributed by atoms with Crippen molar-refractivity contribution >= 4 is 62.7 Å². The first-order valence-corrected chi connectivity index (χ1v) is 9.62. The summed E-state index contributed by atoms with van der Waals surface area (Å²) in [6.07, 6.45) is -0.236. The molecule has 2 aromatic carbocycles. The van der Waals surface area contributed by atoms with Crippen LogP contribution in [0.2, 0.25) is 10.0 Å². The Morgan fingerprint density at radius 2 is 1.50 bits per heavy atom. The summed E-state index contributed by atoms with van der Waals surface area (Å²) in [6.45, 7) is -0.597. The van der Waals surface area contributed by atoms with Crippen molar-refractivity contribution in [1.29, 1.82) is 0 Å². The van der Waals surface area contributed by atoms with Gasteiger partial charge in [0.15, 0.2) is 12.4 Å². The first-order chi connectivity index (χ1) is 13.3. The van der Waals surface area contributed by atoms with E-state index in [0.717, 1.165) is 9.37 Å². The number of benzene rings is 2. The molecule has 3 rings (SSSR count). The van der Waals surface area contributed by atoms with E-state index in [-0.39, 0.29) is 39.9 Å². The van der Waals surface area contributed by atoms with Crippen molar-refractivity contribution in [2.45, 2.75) is 6.42 Å². The number of carbonyl (C=O) groups is 4. The number of hydrogen-bond donors (Lipinski definition) is 0. The van der Waals surface area contributed by atoms with Crippen LogP contribution >= 0.6 is 39.1 Å². The predicted molar refractivity (Wildman–Crippen MR) is 106 cm³/mol. The van der Waals surface area contributed by atoms with Gasteiger partial charge in [-0.2, -0.15) is 0 Å². The largest absolute Gasteiger partial charge is 0.457 e. The molecule has 0 unspecified atom stereocenters. The maximum absolute atomic E-state index is 12.4. The standard InChI is InChI=1S/C19H12BrCl2NO5/c20-11-3-1-10(2-4-11)16(24)9-28-17(25)5-6-23-18(26)12-7-14(21)15(22)8-13(12)19(23)27/h1-4,7-8H,5-6,9H2. The number of halogens is 3. The molecular formula is C19H12BrCl2NO5. The van der Waals surface area contributed by atoms with Crippen LogP contribution < -0.4 is 0 Å². The zero-order chi connectivity index (χ0) is 20.4. The number of rotatable bonds is 6. The van der Waals surface area contributed by atoms with Crippen molar-refractivity contribution < 1.29 is 23.9 Å². The average Bonchev–Trinajstić information content (AvgIpc) is 2.89. The summed E-state index contributed by atoms with van der Waals surface area (Å²) in [4.78, 5) is 49.5. The molecule has 0 saturated heterocycles. The number of fused-ring (bicyclic) bond motifs is 1. The highest BCUT2D eigenvalue weighted by molar-refractivity contribution is 9.10. The minimum atomic E-state index is -0.696. The molecule has 0 aromatic heterocycles. The number of imide groups is 1. The van der Waals surface area contributed by atoms with Crippen LogP contribution in [0.1, 0.15) is 37.5 Å². The van der Waals surface area contributed by atoms with Crippen LogP contribution in [0.25, 0.3) is 0 Å². The van der Waals surface area contributed by atoms with Crippen molar-refractivity contribution in [1.82, 2.24) is 4.90 Å². The molecule has 0 N–H and O–H groups in total. The molecule has 0 spiro atoms. The molecule has 1 aliphatic heterocycles.